The molecular formula is C18H20F3N3. The van der Waals surface area contributed by atoms with Crippen LogP contribution in [0.2, 0.25) is 0 Å². The largest absolute Gasteiger partial charge is 0.435 e. The highest BCUT2D eigenvalue weighted by Crippen LogP contribution is 2.41. The van der Waals surface area contributed by atoms with Crippen LogP contribution in [0.4, 0.5) is 13.2 Å². The van der Waals surface area contributed by atoms with E-state index in [0.717, 1.165) is 38.2 Å². The van der Waals surface area contributed by atoms with E-state index in [-0.39, 0.29) is 6.04 Å². The summed E-state index contributed by atoms with van der Waals surface area (Å²) in [5, 5.41) is 3.73. The molecule has 4 rings (SSSR count). The molecule has 0 amide bonds. The van der Waals surface area contributed by atoms with Crippen LogP contribution in [0, 0.1) is 0 Å². The lowest BCUT2D eigenvalue weighted by atomic mass is 9.87. The van der Waals surface area contributed by atoms with Gasteiger partial charge in [-0.05, 0) is 49.3 Å². The van der Waals surface area contributed by atoms with Gasteiger partial charge in [-0.3, -0.25) is 9.58 Å². The molecule has 1 heterocycles. The SMILES string of the molecule is FC(F)(F)c1ccn(CN(C2CC2)C2CCCc3ccccc32)n1. The summed E-state index contributed by atoms with van der Waals surface area (Å²) < 4.78 is 39.7. The quantitative estimate of drug-likeness (QED) is 0.826. The van der Waals surface area contributed by atoms with Gasteiger partial charge < -0.3 is 0 Å². The van der Waals surface area contributed by atoms with Gasteiger partial charge in [0, 0.05) is 18.3 Å². The molecule has 2 aliphatic rings. The van der Waals surface area contributed by atoms with E-state index < -0.39 is 11.9 Å². The van der Waals surface area contributed by atoms with E-state index in [9.17, 15) is 13.2 Å². The molecule has 24 heavy (non-hydrogen) atoms. The molecule has 0 bridgehead atoms. The Morgan fingerprint density at radius 2 is 1.92 bits per heavy atom. The zero-order valence-corrected chi connectivity index (χ0v) is 13.3. The van der Waals surface area contributed by atoms with Gasteiger partial charge in [0.1, 0.15) is 0 Å². The van der Waals surface area contributed by atoms with Gasteiger partial charge in [-0.2, -0.15) is 18.3 Å². The molecule has 2 aliphatic carbocycles. The van der Waals surface area contributed by atoms with Crippen molar-refractivity contribution in [1.29, 1.82) is 0 Å². The summed E-state index contributed by atoms with van der Waals surface area (Å²) >= 11 is 0. The molecule has 0 radical (unpaired) electrons. The maximum atomic E-state index is 12.8. The number of fused-ring (bicyclic) bond motifs is 1. The van der Waals surface area contributed by atoms with Gasteiger partial charge in [0.25, 0.3) is 0 Å². The van der Waals surface area contributed by atoms with Crippen LogP contribution < -0.4 is 0 Å². The zero-order chi connectivity index (χ0) is 16.7. The molecular weight excluding hydrogens is 315 g/mol. The standard InChI is InChI=1S/C18H20F3N3/c19-18(20,21)17-10-11-23(22-17)12-24(14-8-9-14)16-7-3-5-13-4-1-2-6-15(13)16/h1-2,4,6,10-11,14,16H,3,5,7-9,12H2. The molecule has 1 saturated carbocycles. The average molecular weight is 335 g/mol. The van der Waals surface area contributed by atoms with Gasteiger partial charge in [-0.1, -0.05) is 24.3 Å². The molecule has 0 N–H and O–H groups in total. The number of rotatable bonds is 4. The van der Waals surface area contributed by atoms with Gasteiger partial charge in [0.2, 0.25) is 0 Å². The van der Waals surface area contributed by atoms with Gasteiger partial charge in [-0.25, -0.2) is 0 Å². The third-order valence-electron chi connectivity index (χ3n) is 4.99. The first-order valence-electron chi connectivity index (χ1n) is 8.46. The van der Waals surface area contributed by atoms with Crippen molar-refractivity contribution in [3.8, 4) is 0 Å². The van der Waals surface area contributed by atoms with Crippen molar-refractivity contribution in [1.82, 2.24) is 14.7 Å². The fourth-order valence-corrected chi connectivity index (χ4v) is 3.71. The van der Waals surface area contributed by atoms with Crippen molar-refractivity contribution in [2.45, 2.75) is 57.0 Å². The van der Waals surface area contributed by atoms with E-state index in [1.54, 1.807) is 0 Å². The number of alkyl halides is 3. The lowest BCUT2D eigenvalue weighted by Crippen LogP contribution is -2.35. The molecule has 1 aromatic carbocycles. The summed E-state index contributed by atoms with van der Waals surface area (Å²) in [4.78, 5) is 2.34. The maximum Gasteiger partial charge on any atom is 0.435 e. The van der Waals surface area contributed by atoms with Gasteiger partial charge in [0.15, 0.2) is 5.69 Å². The minimum atomic E-state index is -4.38. The number of hydrogen-bond donors (Lipinski definition) is 0. The van der Waals surface area contributed by atoms with E-state index in [1.807, 2.05) is 0 Å². The Hall–Kier alpha value is -1.82. The Kier molecular flexibility index (Phi) is 3.87. The third kappa shape index (κ3) is 3.07. The number of hydrogen-bond acceptors (Lipinski definition) is 2. The summed E-state index contributed by atoms with van der Waals surface area (Å²) in [5.41, 5.74) is 1.89. The van der Waals surface area contributed by atoms with Crippen LogP contribution >= 0.6 is 0 Å². The van der Waals surface area contributed by atoms with Gasteiger partial charge in [-0.15, -0.1) is 0 Å². The fraction of sp³-hybridized carbons (Fsp3) is 0.500. The predicted octanol–water partition coefficient (Wildman–Crippen LogP) is 4.40. The highest BCUT2D eigenvalue weighted by atomic mass is 19.4. The van der Waals surface area contributed by atoms with Crippen molar-refractivity contribution < 1.29 is 13.2 Å². The minimum Gasteiger partial charge on any atom is -0.274 e. The minimum absolute atomic E-state index is 0.279. The third-order valence-corrected chi connectivity index (χ3v) is 4.99. The Labute approximate surface area is 139 Å². The van der Waals surface area contributed by atoms with Crippen LogP contribution in [-0.4, -0.2) is 20.7 Å². The van der Waals surface area contributed by atoms with Crippen molar-refractivity contribution in [3.63, 3.8) is 0 Å². The van der Waals surface area contributed by atoms with Crippen molar-refractivity contribution in [3.05, 3.63) is 53.3 Å². The fourth-order valence-electron chi connectivity index (χ4n) is 3.71. The van der Waals surface area contributed by atoms with Crippen LogP contribution in [0.5, 0.6) is 0 Å². The van der Waals surface area contributed by atoms with Crippen LogP contribution in [0.25, 0.3) is 0 Å². The molecule has 1 aromatic heterocycles. The summed E-state index contributed by atoms with van der Waals surface area (Å²) in [6.07, 6.45) is 2.56. The lowest BCUT2D eigenvalue weighted by Gasteiger charge is -2.36. The predicted molar refractivity (Wildman–Crippen MR) is 84.2 cm³/mol. The topological polar surface area (TPSA) is 21.1 Å². The van der Waals surface area contributed by atoms with Gasteiger partial charge in [0.05, 0.1) is 6.67 Å². The Morgan fingerprint density at radius 3 is 2.62 bits per heavy atom. The Balaban J connectivity index is 1.59. The van der Waals surface area contributed by atoms with Crippen molar-refractivity contribution in [2.24, 2.45) is 0 Å². The second-order valence-electron chi connectivity index (χ2n) is 6.73. The highest BCUT2D eigenvalue weighted by molar-refractivity contribution is 5.32. The molecule has 3 nitrogen and oxygen atoms in total. The summed E-state index contributed by atoms with van der Waals surface area (Å²) in [5.74, 6) is 0. The van der Waals surface area contributed by atoms with Gasteiger partial charge >= 0.3 is 6.18 Å². The van der Waals surface area contributed by atoms with E-state index in [0.29, 0.717) is 12.7 Å². The van der Waals surface area contributed by atoms with Crippen molar-refractivity contribution >= 4 is 0 Å². The first-order valence-corrected chi connectivity index (χ1v) is 8.46. The average Bonchev–Trinajstić information content (AvgIpc) is 3.29. The van der Waals surface area contributed by atoms with Crippen LogP contribution in [0.15, 0.2) is 36.5 Å². The Bertz CT molecular complexity index is 718. The monoisotopic (exact) mass is 335 g/mol. The molecule has 128 valence electrons. The zero-order valence-electron chi connectivity index (χ0n) is 13.3. The molecule has 1 fully saturated rings. The molecule has 0 saturated heterocycles. The number of aryl methyl sites for hydroxylation is 1. The molecule has 0 spiro atoms. The first-order chi connectivity index (χ1) is 11.5. The highest BCUT2D eigenvalue weighted by Gasteiger charge is 2.38. The van der Waals surface area contributed by atoms with E-state index in [2.05, 4.69) is 34.3 Å². The smallest absolute Gasteiger partial charge is 0.274 e. The van der Waals surface area contributed by atoms with Crippen LogP contribution in [0.1, 0.15) is 48.5 Å². The van der Waals surface area contributed by atoms with Crippen LogP contribution in [0.3, 0.4) is 0 Å². The van der Waals surface area contributed by atoms with E-state index >= 15 is 0 Å². The number of nitrogens with zero attached hydrogens (tertiary/aromatic N) is 3. The molecule has 2 aromatic rings. The molecule has 6 heteroatoms. The summed E-state index contributed by atoms with van der Waals surface area (Å²) in [6.45, 7) is 0.416. The summed E-state index contributed by atoms with van der Waals surface area (Å²) in [7, 11) is 0. The summed E-state index contributed by atoms with van der Waals surface area (Å²) in [6, 6.07) is 10.2. The van der Waals surface area contributed by atoms with E-state index in [1.165, 1.54) is 22.0 Å². The number of halogens is 3. The van der Waals surface area contributed by atoms with Crippen LogP contribution in [-0.2, 0) is 19.3 Å². The first kappa shape index (κ1) is 15.7. The second-order valence-corrected chi connectivity index (χ2v) is 6.73. The normalized spacial score (nSPS) is 21.1. The number of benzene rings is 1. The van der Waals surface area contributed by atoms with E-state index in [4.69, 9.17) is 0 Å². The van der Waals surface area contributed by atoms with Crippen molar-refractivity contribution in [2.75, 3.05) is 0 Å². The maximum absolute atomic E-state index is 12.8. The Morgan fingerprint density at radius 1 is 1.12 bits per heavy atom. The second kappa shape index (κ2) is 5.92. The molecule has 1 atom stereocenters. The molecule has 1 unspecified atom stereocenters. The molecule has 0 aliphatic heterocycles. The number of aromatic nitrogens is 2. The lowest BCUT2D eigenvalue weighted by molar-refractivity contribution is -0.141.